The van der Waals surface area contributed by atoms with E-state index in [0.717, 1.165) is 21.7 Å². The van der Waals surface area contributed by atoms with Crippen LogP contribution in [0.3, 0.4) is 0 Å². The van der Waals surface area contributed by atoms with Gasteiger partial charge in [0.15, 0.2) is 0 Å². The zero-order valence-electron chi connectivity index (χ0n) is 21.9. The normalized spacial score (nSPS) is 11.9. The fourth-order valence-corrected chi connectivity index (χ4v) is 4.61. The van der Waals surface area contributed by atoms with E-state index < -0.39 is 11.8 Å². The van der Waals surface area contributed by atoms with Crippen LogP contribution < -0.4 is 16.0 Å². The molecule has 0 radical (unpaired) electrons. The minimum absolute atomic E-state index is 0.0260. The molecule has 198 valence electrons. The Kier molecular flexibility index (Phi) is 9.01. The van der Waals surface area contributed by atoms with Gasteiger partial charge in [0.1, 0.15) is 11.5 Å². The van der Waals surface area contributed by atoms with Crippen LogP contribution in [0.15, 0.2) is 106 Å². The van der Waals surface area contributed by atoms with Crippen molar-refractivity contribution in [2.45, 2.75) is 30.9 Å². The number of carbonyl (C=O) groups is 3. The minimum atomic E-state index is -0.515. The molecule has 3 N–H and O–H groups in total. The molecule has 7 nitrogen and oxygen atoms in total. The van der Waals surface area contributed by atoms with E-state index in [4.69, 9.17) is 4.42 Å². The summed E-state index contributed by atoms with van der Waals surface area (Å²) >= 11 is 1.38. The van der Waals surface area contributed by atoms with E-state index in [1.165, 1.54) is 24.1 Å². The minimum Gasteiger partial charge on any atom is -0.465 e. The van der Waals surface area contributed by atoms with Gasteiger partial charge in [-0.15, -0.1) is 11.8 Å². The SMILES string of the molecule is Cc1cccc(NC(=O)C(C)Sc2cccc(NC(=O)/C(=C/c3ccco3)NC(=O)c3ccccc3)c2)c1C. The van der Waals surface area contributed by atoms with Crippen LogP contribution in [0.4, 0.5) is 11.4 Å². The first-order chi connectivity index (χ1) is 18.8. The van der Waals surface area contributed by atoms with E-state index in [9.17, 15) is 14.4 Å². The molecule has 8 heteroatoms. The van der Waals surface area contributed by atoms with Crippen molar-refractivity contribution in [3.05, 3.63) is 119 Å². The van der Waals surface area contributed by atoms with Gasteiger partial charge in [-0.25, -0.2) is 0 Å². The summed E-state index contributed by atoms with van der Waals surface area (Å²) in [5.74, 6) is -0.632. The molecular formula is C31H29N3O4S. The van der Waals surface area contributed by atoms with Crippen LogP contribution in [0.1, 0.15) is 34.2 Å². The Morgan fingerprint density at radius 2 is 1.64 bits per heavy atom. The van der Waals surface area contributed by atoms with Crippen LogP contribution in [-0.2, 0) is 9.59 Å². The standard InChI is InChI=1S/C31H29N3O4S/c1-20-10-7-16-27(21(20)2)33-29(35)22(3)39-26-15-8-13-24(18-26)32-31(37)28(19-25-14-9-17-38-25)34-30(36)23-11-5-4-6-12-23/h4-19,22H,1-3H3,(H,32,37)(H,33,35)(H,34,36)/b28-19-. The molecule has 0 fully saturated rings. The van der Waals surface area contributed by atoms with Gasteiger partial charge in [-0.3, -0.25) is 14.4 Å². The van der Waals surface area contributed by atoms with Gasteiger partial charge in [-0.05, 0) is 80.4 Å². The van der Waals surface area contributed by atoms with Gasteiger partial charge in [0.05, 0.1) is 11.5 Å². The van der Waals surface area contributed by atoms with Crippen LogP contribution >= 0.6 is 11.8 Å². The van der Waals surface area contributed by atoms with E-state index in [0.29, 0.717) is 17.0 Å². The second-order valence-corrected chi connectivity index (χ2v) is 10.3. The van der Waals surface area contributed by atoms with E-state index in [2.05, 4.69) is 16.0 Å². The molecular weight excluding hydrogens is 510 g/mol. The summed E-state index contributed by atoms with van der Waals surface area (Å²) in [4.78, 5) is 39.6. The quantitative estimate of drug-likeness (QED) is 0.168. The smallest absolute Gasteiger partial charge is 0.272 e. The number of amides is 3. The zero-order valence-corrected chi connectivity index (χ0v) is 22.7. The van der Waals surface area contributed by atoms with Crippen LogP contribution in [0, 0.1) is 13.8 Å². The van der Waals surface area contributed by atoms with Crippen LogP contribution in [0.2, 0.25) is 0 Å². The Bertz CT molecular complexity index is 1500. The topological polar surface area (TPSA) is 100 Å². The van der Waals surface area contributed by atoms with Crippen molar-refractivity contribution in [1.29, 1.82) is 0 Å². The van der Waals surface area contributed by atoms with Crippen molar-refractivity contribution in [2.75, 3.05) is 10.6 Å². The number of furan rings is 1. The van der Waals surface area contributed by atoms with E-state index in [1.807, 2.05) is 51.1 Å². The highest BCUT2D eigenvalue weighted by atomic mass is 32.2. The molecule has 1 heterocycles. The van der Waals surface area contributed by atoms with Gasteiger partial charge in [-0.1, -0.05) is 36.4 Å². The highest BCUT2D eigenvalue weighted by Gasteiger charge is 2.18. The lowest BCUT2D eigenvalue weighted by Crippen LogP contribution is -2.30. The lowest BCUT2D eigenvalue weighted by molar-refractivity contribution is -0.115. The maximum absolute atomic E-state index is 13.2. The summed E-state index contributed by atoms with van der Waals surface area (Å²) in [6, 6.07) is 25.0. The van der Waals surface area contributed by atoms with E-state index >= 15 is 0 Å². The molecule has 0 saturated heterocycles. The molecule has 3 aromatic carbocycles. The molecule has 0 aliphatic rings. The molecule has 1 aromatic heterocycles. The number of anilines is 2. The molecule has 4 aromatic rings. The van der Waals surface area contributed by atoms with Crippen molar-refractivity contribution in [2.24, 2.45) is 0 Å². The summed E-state index contributed by atoms with van der Waals surface area (Å²) in [6.07, 6.45) is 2.95. The fraction of sp³-hybridized carbons (Fsp3) is 0.129. The summed E-state index contributed by atoms with van der Waals surface area (Å²) in [5.41, 5.74) is 3.90. The van der Waals surface area contributed by atoms with Crippen molar-refractivity contribution in [3.63, 3.8) is 0 Å². The predicted molar refractivity (Wildman–Crippen MR) is 156 cm³/mol. The molecule has 0 saturated carbocycles. The first-order valence-corrected chi connectivity index (χ1v) is 13.2. The number of thioether (sulfide) groups is 1. The first kappa shape index (κ1) is 27.5. The lowest BCUT2D eigenvalue weighted by atomic mass is 10.1. The highest BCUT2D eigenvalue weighted by Crippen LogP contribution is 2.27. The molecule has 0 spiro atoms. The number of aryl methyl sites for hydroxylation is 1. The number of nitrogens with one attached hydrogen (secondary N) is 3. The third-order valence-electron chi connectivity index (χ3n) is 6.00. The average Bonchev–Trinajstić information content (AvgIpc) is 3.44. The monoisotopic (exact) mass is 539 g/mol. The molecule has 1 unspecified atom stereocenters. The summed E-state index contributed by atoms with van der Waals surface area (Å²) < 4.78 is 5.34. The molecule has 0 aliphatic heterocycles. The number of hydrogen-bond acceptors (Lipinski definition) is 5. The Balaban J connectivity index is 1.45. The zero-order chi connectivity index (χ0) is 27.8. The van der Waals surface area contributed by atoms with Crippen molar-refractivity contribution in [3.8, 4) is 0 Å². The Hall–Kier alpha value is -4.56. The molecule has 39 heavy (non-hydrogen) atoms. The van der Waals surface area contributed by atoms with E-state index in [-0.39, 0.29) is 16.9 Å². The number of rotatable bonds is 9. The first-order valence-electron chi connectivity index (χ1n) is 12.4. The predicted octanol–water partition coefficient (Wildman–Crippen LogP) is 6.43. The lowest BCUT2D eigenvalue weighted by Gasteiger charge is -2.15. The Morgan fingerprint density at radius 1 is 0.872 bits per heavy atom. The molecule has 3 amide bonds. The molecule has 0 bridgehead atoms. The number of benzene rings is 3. The second kappa shape index (κ2) is 12.8. The fourth-order valence-electron chi connectivity index (χ4n) is 3.68. The largest absolute Gasteiger partial charge is 0.465 e. The summed E-state index contributed by atoms with van der Waals surface area (Å²) in [7, 11) is 0. The van der Waals surface area contributed by atoms with Gasteiger partial charge in [0, 0.05) is 27.9 Å². The Morgan fingerprint density at radius 3 is 2.38 bits per heavy atom. The van der Waals surface area contributed by atoms with Gasteiger partial charge >= 0.3 is 0 Å². The number of carbonyl (C=O) groups excluding carboxylic acids is 3. The third-order valence-corrected chi connectivity index (χ3v) is 7.09. The average molecular weight is 540 g/mol. The van der Waals surface area contributed by atoms with E-state index in [1.54, 1.807) is 54.6 Å². The highest BCUT2D eigenvalue weighted by molar-refractivity contribution is 8.00. The molecule has 1 atom stereocenters. The third kappa shape index (κ3) is 7.49. The second-order valence-electron chi connectivity index (χ2n) is 8.87. The summed E-state index contributed by atoms with van der Waals surface area (Å²) in [5, 5.41) is 8.13. The molecule has 0 aliphatic carbocycles. The van der Waals surface area contributed by atoms with Gasteiger partial charge in [0.25, 0.3) is 11.8 Å². The summed E-state index contributed by atoms with van der Waals surface area (Å²) in [6.45, 7) is 5.82. The van der Waals surface area contributed by atoms with Crippen LogP contribution in [0.25, 0.3) is 6.08 Å². The van der Waals surface area contributed by atoms with Gasteiger partial charge < -0.3 is 20.4 Å². The molecule has 4 rings (SSSR count). The Labute approximate surface area is 231 Å². The van der Waals surface area contributed by atoms with Gasteiger partial charge in [0.2, 0.25) is 5.91 Å². The van der Waals surface area contributed by atoms with Crippen molar-refractivity contribution >= 4 is 46.9 Å². The van der Waals surface area contributed by atoms with Crippen LogP contribution in [0.5, 0.6) is 0 Å². The van der Waals surface area contributed by atoms with Gasteiger partial charge in [-0.2, -0.15) is 0 Å². The van der Waals surface area contributed by atoms with Crippen LogP contribution in [-0.4, -0.2) is 23.0 Å². The maximum Gasteiger partial charge on any atom is 0.272 e. The number of hydrogen-bond donors (Lipinski definition) is 3. The van der Waals surface area contributed by atoms with Crippen molar-refractivity contribution in [1.82, 2.24) is 5.32 Å². The van der Waals surface area contributed by atoms with Crippen molar-refractivity contribution < 1.29 is 18.8 Å². The maximum atomic E-state index is 13.2.